The Hall–Kier alpha value is -0.610. The van der Waals surface area contributed by atoms with Crippen LogP contribution in [0.3, 0.4) is 0 Å². The molecule has 1 aromatic rings. The Labute approximate surface area is 150 Å². The number of unbranched alkanes of at least 4 members (excludes halogenated alkanes) is 2. The fourth-order valence-corrected chi connectivity index (χ4v) is 2.80. The minimum absolute atomic E-state index is 0.124. The summed E-state index contributed by atoms with van der Waals surface area (Å²) in [5.41, 5.74) is 2.09. The first-order chi connectivity index (χ1) is 10.3. The zero-order valence-corrected chi connectivity index (χ0v) is 16.7. The number of carbonyl (C=O) groups is 1. The molecule has 0 unspecified atom stereocenters. The van der Waals surface area contributed by atoms with Crippen molar-refractivity contribution in [3.05, 3.63) is 39.3 Å². The molecule has 0 N–H and O–H groups in total. The first-order valence-electron chi connectivity index (χ1n) is 7.59. The molecule has 0 atom stereocenters. The monoisotopic (exact) mass is 430 g/mol. The summed E-state index contributed by atoms with van der Waals surface area (Å²) in [6.07, 6.45) is 4.01. The van der Waals surface area contributed by atoms with Crippen molar-refractivity contribution >= 4 is 43.4 Å². The van der Waals surface area contributed by atoms with Crippen LogP contribution in [0.15, 0.2) is 33.7 Å². The van der Waals surface area contributed by atoms with E-state index >= 15 is 0 Å². The van der Waals surface area contributed by atoms with Crippen molar-refractivity contribution in [3.63, 3.8) is 0 Å². The van der Waals surface area contributed by atoms with E-state index in [0.29, 0.717) is 6.61 Å². The van der Waals surface area contributed by atoms with Crippen molar-refractivity contribution in [1.82, 2.24) is 0 Å². The molecule has 0 aliphatic carbocycles. The summed E-state index contributed by atoms with van der Waals surface area (Å²) in [7, 11) is 0. The number of halogens is 2. The lowest BCUT2D eigenvalue weighted by molar-refractivity contribution is -0.153. The van der Waals surface area contributed by atoms with E-state index in [4.69, 9.17) is 4.74 Å². The molecule has 0 bridgehead atoms. The van der Waals surface area contributed by atoms with Gasteiger partial charge in [-0.3, -0.25) is 4.79 Å². The molecule has 22 heavy (non-hydrogen) atoms. The van der Waals surface area contributed by atoms with Crippen LogP contribution in [0, 0.1) is 5.41 Å². The van der Waals surface area contributed by atoms with Crippen molar-refractivity contribution in [1.29, 1.82) is 0 Å². The normalized spacial score (nSPS) is 11.1. The molecule has 4 heteroatoms. The topological polar surface area (TPSA) is 26.3 Å². The van der Waals surface area contributed by atoms with Gasteiger partial charge in [-0.25, -0.2) is 0 Å². The molecular weight excluding hydrogens is 408 g/mol. The van der Waals surface area contributed by atoms with Crippen LogP contribution in [0.2, 0.25) is 0 Å². The highest BCUT2D eigenvalue weighted by molar-refractivity contribution is 9.28. The Morgan fingerprint density at radius 1 is 1.05 bits per heavy atom. The quantitative estimate of drug-likeness (QED) is 0.374. The van der Waals surface area contributed by atoms with Gasteiger partial charge >= 0.3 is 5.97 Å². The van der Waals surface area contributed by atoms with E-state index in [2.05, 4.69) is 44.0 Å². The summed E-state index contributed by atoms with van der Waals surface area (Å²) in [5.74, 6) is -0.124. The molecule has 1 rings (SSSR count). The Morgan fingerprint density at radius 2 is 1.68 bits per heavy atom. The van der Waals surface area contributed by atoms with Crippen molar-refractivity contribution in [3.8, 4) is 0 Å². The van der Waals surface area contributed by atoms with E-state index in [1.807, 2.05) is 39.0 Å². The number of carbonyl (C=O) groups excluding carboxylic acids is 1. The zero-order valence-electron chi connectivity index (χ0n) is 13.5. The van der Waals surface area contributed by atoms with E-state index in [1.165, 1.54) is 11.1 Å². The lowest BCUT2D eigenvalue weighted by Gasteiger charge is -2.16. The van der Waals surface area contributed by atoms with Gasteiger partial charge < -0.3 is 4.74 Å². The van der Waals surface area contributed by atoms with Crippen LogP contribution >= 0.6 is 31.9 Å². The molecule has 0 saturated heterocycles. The first-order valence-corrected chi connectivity index (χ1v) is 9.18. The second-order valence-corrected chi connectivity index (χ2v) is 8.95. The van der Waals surface area contributed by atoms with Gasteiger partial charge in [0.15, 0.2) is 0 Å². The van der Waals surface area contributed by atoms with Crippen LogP contribution in [-0.4, -0.2) is 12.6 Å². The Morgan fingerprint density at radius 3 is 2.23 bits per heavy atom. The molecule has 2 nitrogen and oxygen atoms in total. The smallest absolute Gasteiger partial charge is 0.311 e. The largest absolute Gasteiger partial charge is 0.465 e. The van der Waals surface area contributed by atoms with Gasteiger partial charge in [0, 0.05) is 0 Å². The van der Waals surface area contributed by atoms with Gasteiger partial charge in [0.25, 0.3) is 0 Å². The highest BCUT2D eigenvalue weighted by Gasteiger charge is 2.22. The molecule has 0 aliphatic rings. The van der Waals surface area contributed by atoms with Crippen LogP contribution < -0.4 is 0 Å². The summed E-state index contributed by atoms with van der Waals surface area (Å²) >= 11 is 7.06. The number of benzene rings is 1. The molecule has 122 valence electrons. The summed E-state index contributed by atoms with van der Waals surface area (Å²) in [5, 5.41) is 0. The first kappa shape index (κ1) is 19.4. The maximum Gasteiger partial charge on any atom is 0.311 e. The standard InChI is InChI=1S/C18H24Br2O2/c1-18(2,3)17(21)22-13-9-5-8-12-15(16(19)20)14-10-6-4-7-11-14/h4,6-7,10-11H,5,8-9,12-13H2,1-3H3. The summed E-state index contributed by atoms with van der Waals surface area (Å²) in [6.45, 7) is 6.13. The van der Waals surface area contributed by atoms with Crippen molar-refractivity contribution in [2.45, 2.75) is 46.5 Å². The van der Waals surface area contributed by atoms with Crippen molar-refractivity contribution in [2.75, 3.05) is 6.61 Å². The second-order valence-electron chi connectivity index (χ2n) is 6.30. The minimum atomic E-state index is -0.413. The Kier molecular flexibility index (Phi) is 8.40. The lowest BCUT2D eigenvalue weighted by atomic mass is 9.97. The fraction of sp³-hybridized carbons (Fsp3) is 0.500. The van der Waals surface area contributed by atoms with Gasteiger partial charge in [-0.2, -0.15) is 0 Å². The summed E-state index contributed by atoms with van der Waals surface area (Å²) < 4.78 is 6.28. The van der Waals surface area contributed by atoms with Gasteiger partial charge in [0.2, 0.25) is 0 Å². The van der Waals surface area contributed by atoms with Crippen LogP contribution in [0.4, 0.5) is 0 Å². The molecule has 0 aliphatic heterocycles. The average molecular weight is 432 g/mol. The van der Waals surface area contributed by atoms with E-state index < -0.39 is 5.41 Å². The van der Waals surface area contributed by atoms with Gasteiger partial charge in [0.05, 0.1) is 15.4 Å². The summed E-state index contributed by atoms with van der Waals surface area (Å²) in [4.78, 5) is 11.6. The van der Waals surface area contributed by atoms with E-state index in [9.17, 15) is 4.79 Å². The predicted octanol–water partition coefficient (Wildman–Crippen LogP) is 6.29. The highest BCUT2D eigenvalue weighted by Crippen LogP contribution is 2.31. The Balaban J connectivity index is 2.32. The number of ether oxygens (including phenoxy) is 1. The minimum Gasteiger partial charge on any atom is -0.465 e. The van der Waals surface area contributed by atoms with E-state index in [1.54, 1.807) is 0 Å². The third-order valence-corrected chi connectivity index (χ3v) is 4.22. The Bertz CT molecular complexity index is 498. The van der Waals surface area contributed by atoms with Gasteiger partial charge in [-0.15, -0.1) is 0 Å². The predicted molar refractivity (Wildman–Crippen MR) is 100 cm³/mol. The molecule has 0 aromatic heterocycles. The number of rotatable bonds is 7. The zero-order chi connectivity index (χ0) is 16.6. The van der Waals surface area contributed by atoms with Crippen LogP contribution in [0.5, 0.6) is 0 Å². The molecule has 1 aromatic carbocycles. The molecular formula is C18H24Br2O2. The molecule has 0 heterocycles. The lowest BCUT2D eigenvalue weighted by Crippen LogP contribution is -2.23. The molecule has 0 spiro atoms. The number of allylic oxidation sites excluding steroid dienone is 1. The van der Waals surface area contributed by atoms with E-state index in [0.717, 1.165) is 29.1 Å². The maximum atomic E-state index is 11.6. The average Bonchev–Trinajstić information content (AvgIpc) is 2.45. The second kappa shape index (κ2) is 9.51. The third-order valence-electron chi connectivity index (χ3n) is 3.27. The SMILES string of the molecule is CC(C)(C)C(=O)OCCCCCC(=C(Br)Br)c1ccccc1. The third kappa shape index (κ3) is 7.10. The number of hydrogen-bond donors (Lipinski definition) is 0. The highest BCUT2D eigenvalue weighted by atomic mass is 79.9. The molecule has 0 fully saturated rings. The molecule has 0 radical (unpaired) electrons. The van der Waals surface area contributed by atoms with Gasteiger partial charge in [-0.05, 0) is 89.5 Å². The van der Waals surface area contributed by atoms with Gasteiger partial charge in [0.1, 0.15) is 0 Å². The van der Waals surface area contributed by atoms with Crippen LogP contribution in [0.25, 0.3) is 5.57 Å². The fourth-order valence-electron chi connectivity index (χ4n) is 1.95. The van der Waals surface area contributed by atoms with Crippen molar-refractivity contribution < 1.29 is 9.53 Å². The number of hydrogen-bond acceptors (Lipinski definition) is 2. The van der Waals surface area contributed by atoms with Crippen molar-refractivity contribution in [2.24, 2.45) is 5.41 Å². The van der Waals surface area contributed by atoms with E-state index in [-0.39, 0.29) is 5.97 Å². The summed E-state index contributed by atoms with van der Waals surface area (Å²) in [6, 6.07) is 10.3. The molecule has 0 amide bonds. The molecule has 0 saturated carbocycles. The number of esters is 1. The van der Waals surface area contributed by atoms with Gasteiger partial charge in [-0.1, -0.05) is 30.3 Å². The van der Waals surface area contributed by atoms with Crippen LogP contribution in [-0.2, 0) is 9.53 Å². The maximum absolute atomic E-state index is 11.6. The van der Waals surface area contributed by atoms with Crippen LogP contribution in [0.1, 0.15) is 52.0 Å².